The van der Waals surface area contributed by atoms with Crippen LogP contribution in [0, 0.1) is 0 Å². The van der Waals surface area contributed by atoms with Gasteiger partial charge in [-0.25, -0.2) is 4.79 Å². The molecule has 3 N–H and O–H groups in total. The molecule has 0 saturated carbocycles. The van der Waals surface area contributed by atoms with Crippen molar-refractivity contribution in [1.82, 2.24) is 35.5 Å². The average molecular weight is 660 g/mol. The summed E-state index contributed by atoms with van der Waals surface area (Å²) in [5.74, 6) is -0.457. The third-order valence-corrected chi connectivity index (χ3v) is 8.04. The lowest BCUT2D eigenvalue weighted by Gasteiger charge is -2.19. The van der Waals surface area contributed by atoms with Crippen molar-refractivity contribution in [3.8, 4) is 28.5 Å². The number of hydrogen-bond donors (Lipinski definition) is 3. The van der Waals surface area contributed by atoms with Gasteiger partial charge >= 0.3 is 5.97 Å². The van der Waals surface area contributed by atoms with Crippen molar-refractivity contribution in [2.45, 2.75) is 38.8 Å². The highest BCUT2D eigenvalue weighted by atomic mass is 16.5. The lowest BCUT2D eigenvalue weighted by Crippen LogP contribution is -2.43. The molecule has 12 nitrogen and oxygen atoms in total. The van der Waals surface area contributed by atoms with Crippen LogP contribution in [0.4, 0.5) is 0 Å². The molecule has 0 fully saturated rings. The molecule has 0 spiro atoms. The van der Waals surface area contributed by atoms with E-state index in [4.69, 9.17) is 19.6 Å². The van der Waals surface area contributed by atoms with Crippen LogP contribution in [0.2, 0.25) is 0 Å². The summed E-state index contributed by atoms with van der Waals surface area (Å²) in [6.07, 6.45) is 1.31. The minimum absolute atomic E-state index is 0.0166. The number of nitrogens with zero attached hydrogens (tertiary/aromatic N) is 5. The molecule has 6 rings (SSSR count). The second-order valence-electron chi connectivity index (χ2n) is 11.4. The van der Waals surface area contributed by atoms with E-state index < -0.39 is 17.9 Å². The number of rotatable bonds is 15. The van der Waals surface area contributed by atoms with Crippen LogP contribution in [0.1, 0.15) is 41.3 Å². The first-order valence-corrected chi connectivity index (χ1v) is 16.2. The Bertz CT molecular complexity index is 1990. The number of imidazole rings is 1. The quantitative estimate of drug-likeness (QED) is 0.102. The summed E-state index contributed by atoms with van der Waals surface area (Å²) in [4.78, 5) is 31.9. The maximum Gasteiger partial charge on any atom is 0.328 e. The normalized spacial score (nSPS) is 11.7. The Labute approximate surface area is 283 Å². The molecular formula is C37H37N7O5. The fourth-order valence-corrected chi connectivity index (χ4v) is 5.68. The summed E-state index contributed by atoms with van der Waals surface area (Å²) in [7, 11) is 0. The third-order valence-electron chi connectivity index (χ3n) is 8.04. The maximum absolute atomic E-state index is 14.0. The number of carbonyl (C=O) groups excluding carboxylic acids is 2. The van der Waals surface area contributed by atoms with Crippen LogP contribution in [0.25, 0.3) is 33.5 Å². The lowest BCUT2D eigenvalue weighted by atomic mass is 9.98. The molecule has 1 unspecified atom stereocenters. The highest BCUT2D eigenvalue weighted by molar-refractivity contribution is 6.06. The number of fused-ring (bicyclic) bond motifs is 1. The molecule has 49 heavy (non-hydrogen) atoms. The van der Waals surface area contributed by atoms with Crippen LogP contribution in [0.3, 0.4) is 0 Å². The summed E-state index contributed by atoms with van der Waals surface area (Å²) in [5, 5.41) is 26.5. The van der Waals surface area contributed by atoms with Crippen LogP contribution in [0.15, 0.2) is 97.1 Å². The van der Waals surface area contributed by atoms with Gasteiger partial charge in [-0.05, 0) is 59.4 Å². The van der Waals surface area contributed by atoms with Gasteiger partial charge in [-0.2, -0.15) is 10.2 Å². The number of hydrogen-bond acceptors (Lipinski definition) is 9. The van der Waals surface area contributed by atoms with Gasteiger partial charge < -0.3 is 19.9 Å². The molecular weight excluding hydrogens is 622 g/mol. The summed E-state index contributed by atoms with van der Waals surface area (Å²) >= 11 is 0. The Morgan fingerprint density at radius 2 is 1.67 bits per heavy atom. The van der Waals surface area contributed by atoms with Gasteiger partial charge in [-0.15, -0.1) is 10.2 Å². The molecule has 0 saturated heterocycles. The molecule has 12 heteroatoms. The van der Waals surface area contributed by atoms with E-state index in [-0.39, 0.29) is 19.6 Å². The zero-order valence-corrected chi connectivity index (χ0v) is 27.1. The molecule has 0 aliphatic carbocycles. The van der Waals surface area contributed by atoms with Gasteiger partial charge in [-0.3, -0.25) is 9.36 Å². The standard InChI is InChI=1S/C37H37N7O5/c1-2-48-37-39-31-16-10-15-30(35(46)38-32(23-25-11-4-3-5-12-25)36(47)49-22-9-8-21-45)33(31)44(37)24-26-17-19-27(20-18-26)28-13-6-7-14-29(28)34-40-42-43-41-34/h3-7,10-20,32,45H,2,8-9,21-24H2,1H3,(H,38,46)(H,40,41,42,43). The molecule has 2 aromatic heterocycles. The van der Waals surface area contributed by atoms with Crippen LogP contribution in [-0.2, 0) is 22.5 Å². The van der Waals surface area contributed by atoms with E-state index in [2.05, 4.69) is 25.9 Å². The van der Waals surface area contributed by atoms with Crippen molar-refractivity contribution in [3.05, 3.63) is 114 Å². The summed E-state index contributed by atoms with van der Waals surface area (Å²) in [6.45, 7) is 2.82. The third kappa shape index (κ3) is 7.82. The predicted molar refractivity (Wildman–Crippen MR) is 184 cm³/mol. The first-order valence-electron chi connectivity index (χ1n) is 16.2. The summed E-state index contributed by atoms with van der Waals surface area (Å²) < 4.78 is 13.3. The van der Waals surface area contributed by atoms with Crippen molar-refractivity contribution in [2.24, 2.45) is 0 Å². The highest BCUT2D eigenvalue weighted by Gasteiger charge is 2.26. The van der Waals surface area contributed by atoms with Gasteiger partial charge in [0.1, 0.15) is 6.04 Å². The SMILES string of the molecule is CCOc1nc2cccc(C(=O)NC(Cc3ccccc3)C(=O)OCCCCO)c2n1Cc1ccc(-c2ccccc2-c2nn[nH]n2)cc1. The Hall–Kier alpha value is -5.88. The minimum atomic E-state index is -0.926. The van der Waals surface area contributed by atoms with Crippen LogP contribution in [-0.4, -0.2) is 73.0 Å². The molecule has 1 amide bonds. The number of aliphatic hydroxyl groups excluding tert-OH is 1. The van der Waals surface area contributed by atoms with Crippen molar-refractivity contribution >= 4 is 22.9 Å². The molecule has 250 valence electrons. The van der Waals surface area contributed by atoms with E-state index in [1.54, 1.807) is 12.1 Å². The van der Waals surface area contributed by atoms with Gasteiger partial charge in [0.2, 0.25) is 5.82 Å². The Balaban J connectivity index is 1.29. The van der Waals surface area contributed by atoms with Gasteiger partial charge in [0, 0.05) is 18.6 Å². The number of unbranched alkanes of at least 4 members (excludes halogenated alkanes) is 1. The van der Waals surface area contributed by atoms with E-state index in [1.165, 1.54) is 0 Å². The number of aromatic amines is 1. The Morgan fingerprint density at radius 3 is 2.41 bits per heavy atom. The lowest BCUT2D eigenvalue weighted by molar-refractivity contribution is -0.146. The summed E-state index contributed by atoms with van der Waals surface area (Å²) in [5.41, 5.74) is 6.19. The second-order valence-corrected chi connectivity index (χ2v) is 11.4. The Morgan fingerprint density at radius 1 is 0.898 bits per heavy atom. The van der Waals surface area contributed by atoms with Crippen molar-refractivity contribution in [3.63, 3.8) is 0 Å². The predicted octanol–water partition coefficient (Wildman–Crippen LogP) is 4.99. The molecule has 0 bridgehead atoms. The first-order chi connectivity index (χ1) is 24.1. The van der Waals surface area contributed by atoms with Gasteiger partial charge in [-0.1, -0.05) is 84.9 Å². The van der Waals surface area contributed by atoms with Crippen LogP contribution >= 0.6 is 0 Å². The number of amides is 1. The van der Waals surface area contributed by atoms with Crippen LogP contribution in [0.5, 0.6) is 6.01 Å². The minimum Gasteiger partial charge on any atom is -0.465 e. The molecule has 0 aliphatic heterocycles. The van der Waals surface area contributed by atoms with E-state index >= 15 is 0 Å². The molecule has 6 aromatic rings. The molecule has 2 heterocycles. The number of benzene rings is 4. The van der Waals surface area contributed by atoms with E-state index in [0.29, 0.717) is 54.4 Å². The number of ether oxygens (including phenoxy) is 2. The molecule has 0 aliphatic rings. The number of para-hydroxylation sites is 1. The number of tetrazole rings is 1. The number of aliphatic hydroxyl groups is 1. The fourth-order valence-electron chi connectivity index (χ4n) is 5.68. The highest BCUT2D eigenvalue weighted by Crippen LogP contribution is 2.31. The van der Waals surface area contributed by atoms with Gasteiger partial charge in [0.25, 0.3) is 11.9 Å². The molecule has 0 radical (unpaired) electrons. The fraction of sp³-hybridized carbons (Fsp3) is 0.243. The Kier molecular flexibility index (Phi) is 10.7. The number of nitrogens with one attached hydrogen (secondary N) is 2. The van der Waals surface area contributed by atoms with Gasteiger partial charge in [0.05, 0.1) is 36.4 Å². The topological polar surface area (TPSA) is 157 Å². The van der Waals surface area contributed by atoms with Crippen molar-refractivity contribution < 1.29 is 24.2 Å². The van der Waals surface area contributed by atoms with Crippen molar-refractivity contribution in [2.75, 3.05) is 19.8 Å². The number of esters is 1. The number of carbonyl (C=O) groups is 2. The van der Waals surface area contributed by atoms with E-state index in [9.17, 15) is 9.59 Å². The first kappa shape index (κ1) is 33.0. The van der Waals surface area contributed by atoms with Crippen LogP contribution < -0.4 is 10.1 Å². The molecule has 4 aromatic carbocycles. The number of H-pyrrole nitrogens is 1. The second kappa shape index (κ2) is 15.8. The largest absolute Gasteiger partial charge is 0.465 e. The summed E-state index contributed by atoms with van der Waals surface area (Å²) in [6, 6.07) is 30.2. The van der Waals surface area contributed by atoms with Crippen molar-refractivity contribution in [1.29, 1.82) is 0 Å². The van der Waals surface area contributed by atoms with Gasteiger partial charge in [0.15, 0.2) is 0 Å². The zero-order valence-electron chi connectivity index (χ0n) is 27.1. The zero-order chi connectivity index (χ0) is 34.0. The monoisotopic (exact) mass is 659 g/mol. The average Bonchev–Trinajstić information content (AvgIpc) is 3.79. The smallest absolute Gasteiger partial charge is 0.328 e. The maximum atomic E-state index is 14.0. The van der Waals surface area contributed by atoms with E-state index in [0.717, 1.165) is 27.8 Å². The number of aromatic nitrogens is 6. The van der Waals surface area contributed by atoms with E-state index in [1.807, 2.05) is 96.4 Å². The molecule has 1 atom stereocenters.